The van der Waals surface area contributed by atoms with Crippen LogP contribution in [0.15, 0.2) is 212 Å². The molecule has 7 amide bonds. The molecule has 11 rings (SSSR count). The molecule has 632 valence electrons. The fourth-order valence-electron chi connectivity index (χ4n) is 13.8. The van der Waals surface area contributed by atoms with E-state index in [4.69, 9.17) is 62.6 Å². The summed E-state index contributed by atoms with van der Waals surface area (Å²) in [7, 11) is 0. The molecule has 15 N–H and O–H groups in total. The van der Waals surface area contributed by atoms with E-state index in [1.165, 1.54) is 4.90 Å². The second kappa shape index (κ2) is 44.6. The number of rotatable bonds is 35. The number of alkyl carbamates (subject to hydrolysis) is 5. The number of ether oxygens (including phenoxy) is 12. The molecule has 7 aromatic carbocycles. The molecular formula is C84H100N8O26. The third-order valence-electron chi connectivity index (χ3n) is 20.1. The molecule has 4 fully saturated rings. The molecular weight excluding hydrogens is 1540 g/mol. The number of nitrogens with zero attached hydrogens (tertiary/aromatic N) is 1. The predicted octanol–water partition coefficient (Wildman–Crippen LogP) is 4.09. The van der Waals surface area contributed by atoms with Crippen LogP contribution < -0.4 is 37.6 Å². The zero-order chi connectivity index (χ0) is 83.3. The lowest BCUT2D eigenvalue weighted by Gasteiger charge is -2.49. The van der Waals surface area contributed by atoms with Gasteiger partial charge in [-0.2, -0.15) is 0 Å². The summed E-state index contributed by atoms with van der Waals surface area (Å²) >= 11 is 0. The van der Waals surface area contributed by atoms with Crippen LogP contribution in [-0.2, 0) is 108 Å². The molecule has 0 bridgehead atoms. The molecule has 1 aliphatic carbocycles. The minimum absolute atomic E-state index is 0.0124. The number of nitrogens with two attached hydrogens (primary N) is 1. The van der Waals surface area contributed by atoms with Gasteiger partial charge < -0.3 is 135 Å². The van der Waals surface area contributed by atoms with Crippen LogP contribution in [0.2, 0.25) is 0 Å². The molecule has 3 saturated heterocycles. The zero-order valence-corrected chi connectivity index (χ0v) is 64.3. The minimum atomic E-state index is -2.13. The highest BCUT2D eigenvalue weighted by Gasteiger charge is 2.57. The summed E-state index contributed by atoms with van der Waals surface area (Å²) in [5.41, 5.74) is 11.0. The molecule has 4 aliphatic rings. The van der Waals surface area contributed by atoms with E-state index in [-0.39, 0.29) is 52.7 Å². The van der Waals surface area contributed by atoms with Crippen LogP contribution in [0.25, 0.3) is 0 Å². The normalized spacial score (nSPS) is 26.2. The van der Waals surface area contributed by atoms with Crippen molar-refractivity contribution in [2.24, 2.45) is 5.73 Å². The summed E-state index contributed by atoms with van der Waals surface area (Å²) in [6, 6.07) is 54.3. The van der Waals surface area contributed by atoms with Gasteiger partial charge in [0, 0.05) is 26.2 Å². The topological polar surface area (TPSA) is 473 Å². The van der Waals surface area contributed by atoms with Gasteiger partial charge in [-0.25, -0.2) is 28.8 Å². The van der Waals surface area contributed by atoms with Crippen molar-refractivity contribution >= 4 is 42.5 Å². The van der Waals surface area contributed by atoms with E-state index in [2.05, 4.69) is 31.9 Å². The lowest BCUT2D eigenvalue weighted by Crippen LogP contribution is -2.70. The molecule has 0 unspecified atom stereocenters. The van der Waals surface area contributed by atoms with Crippen LogP contribution in [0.3, 0.4) is 0 Å². The fraction of sp³-hybridized carbons (Fsp3) is 0.417. The largest absolute Gasteiger partial charge is 0.445 e. The first-order chi connectivity index (χ1) is 57.2. The van der Waals surface area contributed by atoms with Crippen LogP contribution in [0.5, 0.6) is 0 Å². The first kappa shape index (κ1) is 87.9. The van der Waals surface area contributed by atoms with Crippen molar-refractivity contribution < 1.29 is 126 Å². The Morgan fingerprint density at radius 1 is 0.398 bits per heavy atom. The van der Waals surface area contributed by atoms with Gasteiger partial charge in [0.15, 0.2) is 18.9 Å². The van der Waals surface area contributed by atoms with Crippen molar-refractivity contribution in [3.63, 3.8) is 0 Å². The predicted molar refractivity (Wildman–Crippen MR) is 416 cm³/mol. The van der Waals surface area contributed by atoms with Crippen molar-refractivity contribution in [1.82, 2.24) is 36.8 Å². The van der Waals surface area contributed by atoms with Gasteiger partial charge in [0.05, 0.1) is 18.6 Å². The number of aliphatic hydroxyl groups excluding tert-OH is 7. The second-order valence-corrected chi connectivity index (χ2v) is 28.5. The molecule has 118 heavy (non-hydrogen) atoms. The third kappa shape index (κ3) is 25.8. The molecule has 7 aromatic rings. The smallest absolute Gasteiger partial charge is 0.410 e. The summed E-state index contributed by atoms with van der Waals surface area (Å²) in [5, 5.41) is 101. The van der Waals surface area contributed by atoms with E-state index in [1.807, 2.05) is 30.3 Å². The summed E-state index contributed by atoms with van der Waals surface area (Å²) in [6.45, 7) is -3.24. The molecule has 0 aromatic heterocycles. The van der Waals surface area contributed by atoms with E-state index in [9.17, 15) is 69.3 Å². The number of nitrogens with one attached hydrogen (secondary N) is 6. The van der Waals surface area contributed by atoms with E-state index in [1.54, 1.807) is 182 Å². The van der Waals surface area contributed by atoms with Crippen LogP contribution >= 0.6 is 0 Å². The molecule has 34 heteroatoms. The van der Waals surface area contributed by atoms with Gasteiger partial charge in [-0.05, 0) is 64.6 Å². The van der Waals surface area contributed by atoms with Crippen LogP contribution in [0.1, 0.15) is 58.2 Å². The van der Waals surface area contributed by atoms with E-state index in [0.29, 0.717) is 46.2 Å². The molecule has 20 atom stereocenters. The molecule has 0 spiro atoms. The Kier molecular flexibility index (Phi) is 33.2. The average Bonchev–Trinajstić information content (AvgIpc) is 1.69. The van der Waals surface area contributed by atoms with Gasteiger partial charge in [-0.3, -0.25) is 4.79 Å². The van der Waals surface area contributed by atoms with Gasteiger partial charge >= 0.3 is 36.6 Å². The Hall–Kier alpha value is -10.9. The van der Waals surface area contributed by atoms with Crippen molar-refractivity contribution in [1.29, 1.82) is 0 Å². The van der Waals surface area contributed by atoms with Gasteiger partial charge in [-0.1, -0.05) is 212 Å². The number of aryl methyl sites for hydroxylation is 1. The Balaban J connectivity index is 0.924. The van der Waals surface area contributed by atoms with Gasteiger partial charge in [0.25, 0.3) is 0 Å². The Morgan fingerprint density at radius 3 is 1.24 bits per heavy atom. The van der Waals surface area contributed by atoms with Crippen LogP contribution in [0.4, 0.5) is 28.8 Å². The number of hydrogen-bond acceptors (Lipinski definition) is 27. The Labute approximate surface area is 680 Å². The van der Waals surface area contributed by atoms with E-state index >= 15 is 0 Å². The summed E-state index contributed by atoms with van der Waals surface area (Å²) in [6.07, 6.45) is -37.0. The number of aliphatic hydroxyl groups is 7. The second-order valence-electron chi connectivity index (χ2n) is 28.5. The maximum Gasteiger partial charge on any atom is 0.410 e. The molecule has 3 heterocycles. The third-order valence-corrected chi connectivity index (χ3v) is 20.1. The SMILES string of the molecule is NC[C@H]1O[C@@H](O[C@@H]2[C@@H](O)[C@H](NC(=O)[C@@H](O)CCNC(=O)OCc3ccccc3)C[C@H](NC(=O)OCc3ccccc3)[C@H]2O[C@H]2O[C@H](CN(CCCc3ccccc3)C(=O)OCc3ccccc3)[C@@H](O)[C@H](O)[C@H]2NC(=O)OCc2ccccc2)[C@H](O)[C@@H]1O[C@H]1O[C@@H](CNC(=O)OCc2ccccc2)[C@@H](O)[C@H](O)[C@H]1NC(=O)OCc1ccccc1. The number of carbonyl (C=O) groups excluding carboxylic acids is 7. The highest BCUT2D eigenvalue weighted by atomic mass is 16.8. The number of amides is 7. The monoisotopic (exact) mass is 1640 g/mol. The maximum atomic E-state index is 14.5. The van der Waals surface area contributed by atoms with Crippen molar-refractivity contribution in [2.75, 3.05) is 32.7 Å². The van der Waals surface area contributed by atoms with Crippen molar-refractivity contribution in [2.45, 2.75) is 188 Å². The standard InChI is InChI=1S/C84H100N8O26/c85-42-61-73(117-76-64(90-82(104)110-48-55-31-16-5-17-32-55)69(97)67(95)62(114-76)43-87-80(102)108-46-53-27-12-3-13-28-53)71(99)78(113-61)118-74-66(94)58(88-75(100)60(93)38-39-86-79(101)107-45-52-25-10-2-11-26-52)41-59(89-81(103)109-47-54-29-14-4-15-30-54)72(74)116-77-65(91-83(105)111-49-56-33-18-6-19-34-56)70(98)68(96)63(115-77)44-92(40-22-37-51-23-8-1-9-24-51)84(106)112-50-57-35-20-7-21-36-57/h1-21,23-36,58-74,76-78,93-99H,22,37-50,85H2,(H,86,101)(H,87,102)(H,88,100)(H,89,103)(H,90,104)(H,91,105)/t58-,59+,60+,61-,62+,63-,64-,65-,66+,67-,68-,69-,70-,71-,72-,73-,74-,76-,77-,78+/m1/s1. The Morgan fingerprint density at radius 2 is 0.780 bits per heavy atom. The molecule has 34 nitrogen and oxygen atoms in total. The first-order valence-electron chi connectivity index (χ1n) is 38.7. The average molecular weight is 1640 g/mol. The molecule has 3 aliphatic heterocycles. The number of carbonyl (C=O) groups is 7. The van der Waals surface area contributed by atoms with Crippen molar-refractivity contribution in [3.8, 4) is 0 Å². The summed E-state index contributed by atoms with van der Waals surface area (Å²) in [5.74, 6) is -1.13. The fourth-order valence-corrected chi connectivity index (χ4v) is 13.8. The van der Waals surface area contributed by atoms with Crippen molar-refractivity contribution in [3.05, 3.63) is 251 Å². The lowest BCUT2D eigenvalue weighted by atomic mass is 9.83. The van der Waals surface area contributed by atoms with Crippen LogP contribution in [-0.4, -0.2) is 238 Å². The van der Waals surface area contributed by atoms with Gasteiger partial charge in [0.1, 0.15) is 131 Å². The highest BCUT2D eigenvalue weighted by molar-refractivity contribution is 5.81. The number of hydrogen-bond donors (Lipinski definition) is 14. The molecule has 0 radical (unpaired) electrons. The van der Waals surface area contributed by atoms with Gasteiger partial charge in [0.2, 0.25) is 5.91 Å². The lowest BCUT2D eigenvalue weighted by molar-refractivity contribution is -0.312. The zero-order valence-electron chi connectivity index (χ0n) is 64.3. The highest BCUT2D eigenvalue weighted by Crippen LogP contribution is 2.37. The quantitative estimate of drug-likeness (QED) is 0.0249. The van der Waals surface area contributed by atoms with E-state index < -0.39 is 197 Å². The summed E-state index contributed by atoms with van der Waals surface area (Å²) in [4.78, 5) is 98.5. The first-order valence-corrected chi connectivity index (χ1v) is 38.7. The summed E-state index contributed by atoms with van der Waals surface area (Å²) < 4.78 is 72.9. The molecule has 1 saturated carbocycles. The minimum Gasteiger partial charge on any atom is -0.445 e. The number of benzene rings is 7. The van der Waals surface area contributed by atoms with Gasteiger partial charge in [-0.15, -0.1) is 0 Å². The van der Waals surface area contributed by atoms with Crippen LogP contribution in [0, 0.1) is 0 Å². The van der Waals surface area contributed by atoms with E-state index in [0.717, 1.165) is 5.56 Å². The Bertz CT molecular complexity index is 4250. The maximum absolute atomic E-state index is 14.5.